The molecule has 1 aliphatic heterocycles. The zero-order valence-electron chi connectivity index (χ0n) is 17.0. The minimum absolute atomic E-state index is 0.292. The maximum absolute atomic E-state index is 12.1. The first-order chi connectivity index (χ1) is 13.4. The Balaban J connectivity index is 1.81. The summed E-state index contributed by atoms with van der Waals surface area (Å²) in [6, 6.07) is 7.93. The van der Waals surface area contributed by atoms with Crippen LogP contribution in [0.2, 0.25) is 0 Å². The number of nitrogens with one attached hydrogen (secondary N) is 1. The Bertz CT molecular complexity index is 895. The van der Waals surface area contributed by atoms with Gasteiger partial charge in [0.25, 0.3) is 0 Å². The highest BCUT2D eigenvalue weighted by atomic mass is 16.5. The predicted molar refractivity (Wildman–Crippen MR) is 110 cm³/mol. The zero-order chi connectivity index (χ0) is 20.3. The van der Waals surface area contributed by atoms with E-state index in [1.54, 1.807) is 25.1 Å². The average molecular weight is 387 g/mol. The number of hydrogen-bond donors (Lipinski definition) is 1. The number of benzene rings is 1. The molecule has 1 N–H and O–H groups in total. The van der Waals surface area contributed by atoms with Gasteiger partial charge in [0.1, 0.15) is 5.58 Å². The largest absolute Gasteiger partial charge is 0.450 e. The molecule has 7 heteroatoms. The van der Waals surface area contributed by atoms with Gasteiger partial charge >= 0.3 is 11.7 Å². The second-order valence-corrected chi connectivity index (χ2v) is 7.57. The quantitative estimate of drug-likeness (QED) is 0.794. The average Bonchev–Trinajstić information content (AvgIpc) is 2.63. The normalized spacial score (nSPS) is 20.5. The molecule has 0 unspecified atom stereocenters. The molecule has 0 aliphatic carbocycles. The third-order valence-corrected chi connectivity index (χ3v) is 5.58. The summed E-state index contributed by atoms with van der Waals surface area (Å²) in [7, 11) is 4.28. The number of amides is 1. The molecule has 1 amide bonds. The fraction of sp³-hybridized carbons (Fsp3) is 0.524. The van der Waals surface area contributed by atoms with Gasteiger partial charge in [-0.3, -0.25) is 10.2 Å². The lowest BCUT2D eigenvalue weighted by Gasteiger charge is -2.39. The van der Waals surface area contributed by atoms with Crippen LogP contribution in [-0.4, -0.2) is 55.2 Å². The van der Waals surface area contributed by atoms with Crippen molar-refractivity contribution >= 4 is 22.7 Å². The Kier molecular flexibility index (Phi) is 6.36. The highest BCUT2D eigenvalue weighted by Gasteiger charge is 2.26. The van der Waals surface area contributed by atoms with Crippen molar-refractivity contribution in [3.63, 3.8) is 0 Å². The summed E-state index contributed by atoms with van der Waals surface area (Å²) in [4.78, 5) is 28.4. The summed E-state index contributed by atoms with van der Waals surface area (Å²) in [6.07, 6.45) is 1.70. The number of anilines is 1. The molecule has 152 valence electrons. The van der Waals surface area contributed by atoms with Crippen molar-refractivity contribution in [1.82, 2.24) is 9.80 Å². The topological polar surface area (TPSA) is 75.0 Å². The zero-order valence-corrected chi connectivity index (χ0v) is 17.0. The first-order valence-electron chi connectivity index (χ1n) is 9.78. The van der Waals surface area contributed by atoms with Gasteiger partial charge in [-0.2, -0.15) is 0 Å². The summed E-state index contributed by atoms with van der Waals surface area (Å²) < 4.78 is 10.3. The number of nitrogens with zero attached hydrogens (tertiary/aromatic N) is 2. The molecule has 2 aromatic rings. The van der Waals surface area contributed by atoms with Crippen molar-refractivity contribution in [2.24, 2.45) is 0 Å². The molecule has 0 bridgehead atoms. The van der Waals surface area contributed by atoms with Crippen LogP contribution < -0.4 is 10.9 Å². The second-order valence-electron chi connectivity index (χ2n) is 7.57. The first kappa shape index (κ1) is 20.4. The molecule has 28 heavy (non-hydrogen) atoms. The van der Waals surface area contributed by atoms with Gasteiger partial charge in [0, 0.05) is 41.8 Å². The van der Waals surface area contributed by atoms with Crippen LogP contribution in [0, 0.1) is 0 Å². The summed E-state index contributed by atoms with van der Waals surface area (Å²) in [5, 5.41) is 3.51. The van der Waals surface area contributed by atoms with E-state index < -0.39 is 6.09 Å². The fourth-order valence-corrected chi connectivity index (χ4v) is 3.79. The van der Waals surface area contributed by atoms with Gasteiger partial charge in [-0.25, -0.2) is 9.59 Å². The molecular weight excluding hydrogens is 358 g/mol. The van der Waals surface area contributed by atoms with Crippen molar-refractivity contribution < 1.29 is 13.9 Å². The number of likely N-dealkylation sites (tertiary alicyclic amines) is 1. The van der Waals surface area contributed by atoms with Gasteiger partial charge in [-0.05, 0) is 65.0 Å². The lowest BCUT2D eigenvalue weighted by molar-refractivity contribution is 0.101. The molecule has 1 aromatic heterocycles. The van der Waals surface area contributed by atoms with Gasteiger partial charge in [0.15, 0.2) is 0 Å². The van der Waals surface area contributed by atoms with Crippen molar-refractivity contribution in [1.29, 1.82) is 0 Å². The molecular formula is C21H29N3O4. The lowest BCUT2D eigenvalue weighted by atomic mass is 9.97. The smallest absolute Gasteiger partial charge is 0.411 e. The second kappa shape index (κ2) is 8.75. The summed E-state index contributed by atoms with van der Waals surface area (Å²) >= 11 is 0. The van der Waals surface area contributed by atoms with E-state index in [-0.39, 0.29) is 5.63 Å². The van der Waals surface area contributed by atoms with Crippen molar-refractivity contribution in [3.8, 4) is 0 Å². The predicted octanol–water partition coefficient (Wildman–Crippen LogP) is 3.28. The number of carbonyl (C=O) groups is 1. The Morgan fingerprint density at radius 2 is 2.18 bits per heavy atom. The van der Waals surface area contributed by atoms with E-state index in [0.717, 1.165) is 30.3 Å². The van der Waals surface area contributed by atoms with Gasteiger partial charge in [0.05, 0.1) is 6.61 Å². The highest BCUT2D eigenvalue weighted by Crippen LogP contribution is 2.25. The van der Waals surface area contributed by atoms with E-state index in [1.807, 2.05) is 6.07 Å². The van der Waals surface area contributed by atoms with Crippen LogP contribution in [0.4, 0.5) is 10.5 Å². The Hall–Kier alpha value is -2.38. The molecule has 2 heterocycles. The molecule has 7 nitrogen and oxygen atoms in total. The van der Waals surface area contributed by atoms with E-state index in [4.69, 9.17) is 9.15 Å². The third kappa shape index (κ3) is 4.72. The van der Waals surface area contributed by atoms with Gasteiger partial charge in [-0.1, -0.05) is 0 Å². The maximum atomic E-state index is 12.1. The van der Waals surface area contributed by atoms with Crippen LogP contribution >= 0.6 is 0 Å². The molecule has 0 saturated carbocycles. The third-order valence-electron chi connectivity index (χ3n) is 5.58. The van der Waals surface area contributed by atoms with Crippen LogP contribution in [0.5, 0.6) is 0 Å². The first-order valence-corrected chi connectivity index (χ1v) is 9.78. The van der Waals surface area contributed by atoms with Crippen molar-refractivity contribution in [3.05, 3.63) is 40.2 Å². The van der Waals surface area contributed by atoms with E-state index in [1.165, 1.54) is 0 Å². The standard InChI is InChI=1S/C21H29N3O4/c1-5-27-21(26)22-16-6-7-18-15(11-20(25)28-19(18)12-16)13-24(4)17-8-9-23(3)14(2)10-17/h6-7,11-12,14,17H,5,8-10,13H2,1-4H3,(H,22,26)/t14-,17+/m1/s1. The van der Waals surface area contributed by atoms with Gasteiger partial charge in [0.2, 0.25) is 0 Å². The van der Waals surface area contributed by atoms with E-state index in [9.17, 15) is 9.59 Å². The molecule has 1 aromatic carbocycles. The van der Waals surface area contributed by atoms with Crippen LogP contribution in [-0.2, 0) is 11.3 Å². The van der Waals surface area contributed by atoms with Crippen LogP contribution in [0.1, 0.15) is 32.3 Å². The molecule has 1 aliphatic rings. The molecule has 1 saturated heterocycles. The van der Waals surface area contributed by atoms with Gasteiger partial charge in [-0.15, -0.1) is 0 Å². The minimum Gasteiger partial charge on any atom is -0.450 e. The van der Waals surface area contributed by atoms with Crippen LogP contribution in [0.25, 0.3) is 11.0 Å². The van der Waals surface area contributed by atoms with E-state index in [0.29, 0.717) is 36.5 Å². The number of rotatable bonds is 5. The molecule has 3 rings (SSSR count). The lowest BCUT2D eigenvalue weighted by Crippen LogP contribution is -2.46. The van der Waals surface area contributed by atoms with Gasteiger partial charge < -0.3 is 14.1 Å². The molecule has 1 fully saturated rings. The number of piperidine rings is 1. The Morgan fingerprint density at radius 3 is 2.89 bits per heavy atom. The summed E-state index contributed by atoms with van der Waals surface area (Å²) in [5.41, 5.74) is 1.54. The number of carbonyl (C=O) groups excluding carboxylic acids is 1. The van der Waals surface area contributed by atoms with Crippen LogP contribution in [0.3, 0.4) is 0 Å². The molecule has 0 radical (unpaired) electrons. The highest BCUT2D eigenvalue weighted by molar-refractivity contribution is 5.89. The SMILES string of the molecule is CCOC(=O)Nc1ccc2c(CN(C)[C@H]3CCN(C)[C@H](C)C3)cc(=O)oc2c1. The fourth-order valence-electron chi connectivity index (χ4n) is 3.79. The summed E-state index contributed by atoms with van der Waals surface area (Å²) in [6.45, 7) is 6.04. The number of fused-ring (bicyclic) bond motifs is 1. The van der Waals surface area contributed by atoms with E-state index >= 15 is 0 Å². The minimum atomic E-state index is -0.531. The monoisotopic (exact) mass is 387 g/mol. The Labute approximate surface area is 165 Å². The molecule has 2 atom stereocenters. The van der Waals surface area contributed by atoms with E-state index in [2.05, 4.69) is 36.1 Å². The van der Waals surface area contributed by atoms with Crippen molar-refractivity contribution in [2.75, 3.05) is 32.6 Å². The Morgan fingerprint density at radius 1 is 1.39 bits per heavy atom. The number of hydrogen-bond acceptors (Lipinski definition) is 6. The summed E-state index contributed by atoms with van der Waals surface area (Å²) in [5.74, 6) is 0. The van der Waals surface area contributed by atoms with Crippen molar-refractivity contribution in [2.45, 2.75) is 45.3 Å². The molecule has 0 spiro atoms. The van der Waals surface area contributed by atoms with Crippen LogP contribution in [0.15, 0.2) is 33.5 Å². The number of ether oxygens (including phenoxy) is 1. The maximum Gasteiger partial charge on any atom is 0.411 e.